The molecule has 0 spiro atoms. The molecule has 0 aromatic heterocycles. The van der Waals surface area contributed by atoms with Gasteiger partial charge in [0.25, 0.3) is 6.43 Å². The van der Waals surface area contributed by atoms with E-state index in [4.69, 9.17) is 22.1 Å². The fourth-order valence-corrected chi connectivity index (χ4v) is 1.36. The molecule has 0 saturated heterocycles. The van der Waals surface area contributed by atoms with Gasteiger partial charge in [0.05, 0.1) is 13.2 Å². The Morgan fingerprint density at radius 1 is 1.47 bits per heavy atom. The summed E-state index contributed by atoms with van der Waals surface area (Å²) in [5.41, 5.74) is 5.08. The van der Waals surface area contributed by atoms with E-state index in [2.05, 4.69) is 0 Å². The third kappa shape index (κ3) is 2.49. The summed E-state index contributed by atoms with van der Waals surface area (Å²) in [5.74, 6) is -0.386. The van der Waals surface area contributed by atoms with E-state index >= 15 is 0 Å². The van der Waals surface area contributed by atoms with Gasteiger partial charge in [-0.25, -0.2) is 8.78 Å². The van der Waals surface area contributed by atoms with Gasteiger partial charge in [0.2, 0.25) is 0 Å². The number of aromatic hydroxyl groups is 1. The lowest BCUT2D eigenvalue weighted by atomic mass is 10.1. The van der Waals surface area contributed by atoms with Crippen LogP contribution in [-0.4, -0.2) is 18.6 Å². The Morgan fingerprint density at radius 2 is 2.07 bits per heavy atom. The zero-order chi connectivity index (χ0) is 11.6. The van der Waals surface area contributed by atoms with Crippen LogP contribution < -0.4 is 10.5 Å². The molecular formula is C9H10ClF2NO2. The lowest BCUT2D eigenvalue weighted by Gasteiger charge is -2.15. The number of alkyl halides is 2. The topological polar surface area (TPSA) is 55.5 Å². The molecule has 0 amide bonds. The molecule has 0 aliphatic carbocycles. The van der Waals surface area contributed by atoms with Crippen molar-refractivity contribution in [3.63, 3.8) is 0 Å². The predicted molar refractivity (Wildman–Crippen MR) is 52.6 cm³/mol. The van der Waals surface area contributed by atoms with Crippen LogP contribution >= 0.6 is 11.6 Å². The van der Waals surface area contributed by atoms with Crippen LogP contribution in [0.2, 0.25) is 5.02 Å². The van der Waals surface area contributed by atoms with Crippen molar-refractivity contribution in [2.75, 3.05) is 7.11 Å². The van der Waals surface area contributed by atoms with Gasteiger partial charge in [-0.15, -0.1) is 0 Å². The van der Waals surface area contributed by atoms with E-state index in [1.807, 2.05) is 0 Å². The Labute approximate surface area is 90.4 Å². The third-order valence-corrected chi connectivity index (χ3v) is 2.14. The van der Waals surface area contributed by atoms with Crippen LogP contribution in [0.1, 0.15) is 11.6 Å². The molecule has 3 N–H and O–H groups in total. The number of phenolic OH excluding ortho intramolecular Hbond substituents is 1. The Bertz CT molecular complexity index is 360. The Kier molecular flexibility index (Phi) is 3.71. The van der Waals surface area contributed by atoms with Crippen LogP contribution in [-0.2, 0) is 0 Å². The number of hydrogen-bond acceptors (Lipinski definition) is 3. The van der Waals surface area contributed by atoms with Gasteiger partial charge in [-0.1, -0.05) is 11.6 Å². The number of nitrogens with two attached hydrogens (primary N) is 1. The largest absolute Gasteiger partial charge is 0.504 e. The van der Waals surface area contributed by atoms with E-state index in [9.17, 15) is 13.9 Å². The quantitative estimate of drug-likeness (QED) is 0.848. The van der Waals surface area contributed by atoms with Crippen LogP contribution in [0.25, 0.3) is 0 Å². The lowest BCUT2D eigenvalue weighted by Crippen LogP contribution is -2.19. The van der Waals surface area contributed by atoms with Gasteiger partial charge in [0.15, 0.2) is 11.5 Å². The second-order valence-electron chi connectivity index (χ2n) is 2.91. The second kappa shape index (κ2) is 4.63. The third-order valence-electron chi connectivity index (χ3n) is 1.92. The van der Waals surface area contributed by atoms with Gasteiger partial charge in [-0.05, 0) is 6.07 Å². The molecular weight excluding hydrogens is 228 g/mol. The maximum Gasteiger partial charge on any atom is 0.257 e. The molecule has 1 atom stereocenters. The summed E-state index contributed by atoms with van der Waals surface area (Å²) in [5, 5.41) is 9.71. The first-order valence-corrected chi connectivity index (χ1v) is 4.45. The summed E-state index contributed by atoms with van der Waals surface area (Å²) in [6, 6.07) is 0.923. The molecule has 3 nitrogen and oxygen atoms in total. The number of methoxy groups -OCH3 is 1. The number of ether oxygens (including phenoxy) is 1. The van der Waals surface area contributed by atoms with Gasteiger partial charge in [0.1, 0.15) is 0 Å². The van der Waals surface area contributed by atoms with E-state index < -0.39 is 18.2 Å². The van der Waals surface area contributed by atoms with E-state index in [-0.39, 0.29) is 16.3 Å². The monoisotopic (exact) mass is 237 g/mol. The fourth-order valence-electron chi connectivity index (χ4n) is 1.14. The summed E-state index contributed by atoms with van der Waals surface area (Å²) in [6.07, 6.45) is -2.78. The van der Waals surface area contributed by atoms with Crippen LogP contribution in [0, 0.1) is 0 Å². The van der Waals surface area contributed by atoms with Crippen molar-refractivity contribution in [2.24, 2.45) is 5.73 Å². The molecule has 0 aliphatic heterocycles. The molecule has 15 heavy (non-hydrogen) atoms. The zero-order valence-corrected chi connectivity index (χ0v) is 8.63. The molecule has 1 rings (SSSR count). The Hall–Kier alpha value is -1.07. The number of hydrogen-bond donors (Lipinski definition) is 2. The minimum absolute atomic E-state index is 0.0219. The molecule has 0 radical (unpaired) electrons. The van der Waals surface area contributed by atoms with E-state index in [1.165, 1.54) is 19.2 Å². The average Bonchev–Trinajstić information content (AvgIpc) is 2.19. The van der Waals surface area contributed by atoms with Gasteiger partial charge in [-0.3, -0.25) is 0 Å². The van der Waals surface area contributed by atoms with Crippen LogP contribution in [0.5, 0.6) is 11.5 Å². The molecule has 0 heterocycles. The van der Waals surface area contributed by atoms with Gasteiger partial charge >= 0.3 is 0 Å². The van der Waals surface area contributed by atoms with Crippen molar-refractivity contribution >= 4 is 11.6 Å². The van der Waals surface area contributed by atoms with Crippen LogP contribution in [0.3, 0.4) is 0 Å². The highest BCUT2D eigenvalue weighted by Crippen LogP contribution is 2.37. The first-order valence-electron chi connectivity index (χ1n) is 4.07. The molecule has 1 unspecified atom stereocenters. The van der Waals surface area contributed by atoms with Gasteiger partial charge < -0.3 is 15.6 Å². The SMILES string of the molecule is COc1cc(Cl)cc(C(N)C(F)F)c1O. The molecule has 1 aromatic rings. The van der Waals surface area contributed by atoms with Crippen molar-refractivity contribution in [3.8, 4) is 11.5 Å². The van der Waals surface area contributed by atoms with Gasteiger partial charge in [-0.2, -0.15) is 0 Å². The summed E-state index contributed by atoms with van der Waals surface area (Å²) >= 11 is 5.66. The van der Waals surface area contributed by atoms with Crippen molar-refractivity contribution in [2.45, 2.75) is 12.5 Å². The van der Waals surface area contributed by atoms with Crippen LogP contribution in [0.4, 0.5) is 8.78 Å². The Balaban J connectivity index is 3.22. The number of halogens is 3. The maximum absolute atomic E-state index is 12.3. The maximum atomic E-state index is 12.3. The normalized spacial score (nSPS) is 12.9. The molecule has 0 fully saturated rings. The average molecular weight is 238 g/mol. The minimum atomic E-state index is -2.78. The van der Waals surface area contributed by atoms with E-state index in [0.29, 0.717) is 0 Å². The van der Waals surface area contributed by atoms with Crippen molar-refractivity contribution in [3.05, 3.63) is 22.7 Å². The summed E-state index contributed by atoms with van der Waals surface area (Å²) in [7, 11) is 1.29. The number of rotatable bonds is 3. The standard InChI is InChI=1S/C9H10ClF2NO2/c1-15-6-3-4(10)2-5(8(6)14)7(13)9(11)12/h2-3,7,9,14H,13H2,1H3. The van der Waals surface area contributed by atoms with E-state index in [1.54, 1.807) is 0 Å². The van der Waals surface area contributed by atoms with Gasteiger partial charge in [0, 0.05) is 16.7 Å². The summed E-state index contributed by atoms with van der Waals surface area (Å²) in [4.78, 5) is 0. The lowest BCUT2D eigenvalue weighted by molar-refractivity contribution is 0.115. The molecule has 1 aromatic carbocycles. The predicted octanol–water partition coefficient (Wildman–Crippen LogP) is 2.32. The smallest absolute Gasteiger partial charge is 0.257 e. The highest BCUT2D eigenvalue weighted by molar-refractivity contribution is 6.30. The van der Waals surface area contributed by atoms with Crippen molar-refractivity contribution < 1.29 is 18.6 Å². The number of benzene rings is 1. The molecule has 84 valence electrons. The van der Waals surface area contributed by atoms with E-state index in [0.717, 1.165) is 0 Å². The zero-order valence-electron chi connectivity index (χ0n) is 7.88. The molecule has 6 heteroatoms. The first kappa shape index (κ1) is 12.0. The summed E-state index contributed by atoms with van der Waals surface area (Å²) in [6.45, 7) is 0. The van der Waals surface area contributed by atoms with Crippen LogP contribution in [0.15, 0.2) is 12.1 Å². The minimum Gasteiger partial charge on any atom is -0.504 e. The molecule has 0 bridgehead atoms. The molecule has 0 saturated carbocycles. The highest BCUT2D eigenvalue weighted by Gasteiger charge is 2.23. The number of phenols is 1. The fraction of sp³-hybridized carbons (Fsp3) is 0.333. The summed E-state index contributed by atoms with van der Waals surface area (Å²) < 4.78 is 29.4. The highest BCUT2D eigenvalue weighted by atomic mass is 35.5. The molecule has 0 aliphatic rings. The van der Waals surface area contributed by atoms with Crippen molar-refractivity contribution in [1.29, 1.82) is 0 Å². The first-order chi connectivity index (χ1) is 6.97. The van der Waals surface area contributed by atoms with Crippen molar-refractivity contribution in [1.82, 2.24) is 0 Å². The Morgan fingerprint density at radius 3 is 2.53 bits per heavy atom. The second-order valence-corrected chi connectivity index (χ2v) is 3.34.